The Kier molecular flexibility index (Phi) is 7.03. The van der Waals surface area contributed by atoms with Crippen molar-refractivity contribution >= 4 is 21.6 Å². The number of rotatable bonds is 7. The predicted octanol–water partition coefficient (Wildman–Crippen LogP) is 2.66. The van der Waals surface area contributed by atoms with Crippen molar-refractivity contribution < 1.29 is 17.9 Å². The first-order valence-corrected chi connectivity index (χ1v) is 11.8. The van der Waals surface area contributed by atoms with Gasteiger partial charge in [-0.05, 0) is 51.1 Å². The van der Waals surface area contributed by atoms with Crippen molar-refractivity contribution in [3.05, 3.63) is 59.7 Å². The van der Waals surface area contributed by atoms with Crippen LogP contribution in [0.5, 0.6) is 0 Å². The number of nitrogens with one attached hydrogen (secondary N) is 1. The largest absolute Gasteiger partial charge is 0.379 e. The summed E-state index contributed by atoms with van der Waals surface area (Å²) in [6.07, 6.45) is 0. The summed E-state index contributed by atoms with van der Waals surface area (Å²) in [5.74, 6) is -0.295. The molecule has 0 saturated carbocycles. The van der Waals surface area contributed by atoms with E-state index >= 15 is 0 Å². The van der Waals surface area contributed by atoms with Crippen LogP contribution in [0.1, 0.15) is 29.8 Å². The van der Waals surface area contributed by atoms with E-state index in [2.05, 4.69) is 24.1 Å². The van der Waals surface area contributed by atoms with E-state index in [0.717, 1.165) is 18.7 Å². The summed E-state index contributed by atoms with van der Waals surface area (Å²) in [4.78, 5) is 15.1. The molecule has 7 nitrogen and oxygen atoms in total. The van der Waals surface area contributed by atoms with Crippen LogP contribution in [-0.4, -0.2) is 64.7 Å². The molecule has 168 valence electrons. The van der Waals surface area contributed by atoms with Gasteiger partial charge < -0.3 is 10.1 Å². The minimum atomic E-state index is -3.79. The highest BCUT2D eigenvalue weighted by atomic mass is 32.2. The van der Waals surface area contributed by atoms with Gasteiger partial charge >= 0.3 is 0 Å². The summed E-state index contributed by atoms with van der Waals surface area (Å²) in [7, 11) is -2.28. The summed E-state index contributed by atoms with van der Waals surface area (Å²) in [6, 6.07) is 13.4. The third kappa shape index (κ3) is 5.44. The fourth-order valence-electron chi connectivity index (χ4n) is 3.53. The van der Waals surface area contributed by atoms with Crippen LogP contribution in [-0.2, 0) is 14.8 Å². The molecule has 1 aliphatic rings. The van der Waals surface area contributed by atoms with E-state index in [9.17, 15) is 13.2 Å². The molecule has 3 rings (SSSR count). The van der Waals surface area contributed by atoms with Gasteiger partial charge in [0.1, 0.15) is 0 Å². The number of hydrogen-bond donors (Lipinski definition) is 1. The zero-order chi connectivity index (χ0) is 22.6. The molecule has 0 spiro atoms. The lowest BCUT2D eigenvalue weighted by molar-refractivity contribution is -0.00923. The van der Waals surface area contributed by atoms with Crippen molar-refractivity contribution in [2.24, 2.45) is 0 Å². The van der Waals surface area contributed by atoms with Crippen molar-refractivity contribution in [1.29, 1.82) is 0 Å². The molecule has 1 fully saturated rings. The molecule has 2 aromatic carbocycles. The van der Waals surface area contributed by atoms with Crippen LogP contribution in [0.4, 0.5) is 5.69 Å². The maximum absolute atomic E-state index is 13.1. The third-order valence-electron chi connectivity index (χ3n) is 5.70. The quantitative estimate of drug-likeness (QED) is 0.709. The molecule has 2 aromatic rings. The third-order valence-corrected chi connectivity index (χ3v) is 7.48. The molecule has 8 heteroatoms. The summed E-state index contributed by atoms with van der Waals surface area (Å²) in [5, 5.41) is 2.95. The Hall–Kier alpha value is -2.42. The smallest absolute Gasteiger partial charge is 0.264 e. The number of ether oxygens (including phenoxy) is 1. The lowest BCUT2D eigenvalue weighted by Crippen LogP contribution is -2.55. The molecular formula is C23H31N3O4S. The molecular weight excluding hydrogens is 414 g/mol. The maximum Gasteiger partial charge on any atom is 0.264 e. The van der Waals surface area contributed by atoms with Gasteiger partial charge in [-0.25, -0.2) is 8.42 Å². The Labute approximate surface area is 185 Å². The van der Waals surface area contributed by atoms with Gasteiger partial charge in [0.05, 0.1) is 23.8 Å². The van der Waals surface area contributed by atoms with E-state index in [4.69, 9.17) is 4.74 Å². The summed E-state index contributed by atoms with van der Waals surface area (Å²) < 4.78 is 32.8. The van der Waals surface area contributed by atoms with E-state index in [1.165, 1.54) is 23.5 Å². The molecule has 0 unspecified atom stereocenters. The zero-order valence-corrected chi connectivity index (χ0v) is 19.4. The second-order valence-corrected chi connectivity index (χ2v) is 10.4. The van der Waals surface area contributed by atoms with Crippen LogP contribution in [0.3, 0.4) is 0 Å². The number of amides is 1. The highest BCUT2D eigenvalue weighted by Gasteiger charge is 2.29. The molecule has 1 amide bonds. The number of morpholine rings is 1. The van der Waals surface area contributed by atoms with E-state index in [1.807, 2.05) is 19.1 Å². The van der Waals surface area contributed by atoms with Crippen LogP contribution in [0.2, 0.25) is 0 Å². The molecule has 31 heavy (non-hydrogen) atoms. The van der Waals surface area contributed by atoms with E-state index in [1.54, 1.807) is 24.3 Å². The first-order chi connectivity index (χ1) is 14.6. The Morgan fingerprint density at radius 3 is 2.42 bits per heavy atom. The van der Waals surface area contributed by atoms with Gasteiger partial charge in [0.15, 0.2) is 0 Å². The van der Waals surface area contributed by atoms with Gasteiger partial charge in [-0.15, -0.1) is 0 Å². The number of sulfonamides is 1. The number of nitrogens with zero attached hydrogens (tertiary/aromatic N) is 2. The lowest BCUT2D eigenvalue weighted by Gasteiger charge is -2.40. The first kappa shape index (κ1) is 23.2. The molecule has 1 aliphatic heterocycles. The number of benzene rings is 2. The van der Waals surface area contributed by atoms with Crippen molar-refractivity contribution in [3.63, 3.8) is 0 Å². The van der Waals surface area contributed by atoms with Gasteiger partial charge in [-0.1, -0.05) is 23.8 Å². The summed E-state index contributed by atoms with van der Waals surface area (Å²) >= 11 is 0. The number of aryl methyl sites for hydroxylation is 1. The van der Waals surface area contributed by atoms with Gasteiger partial charge in [0.2, 0.25) is 0 Å². The van der Waals surface area contributed by atoms with Crippen molar-refractivity contribution in [1.82, 2.24) is 10.2 Å². The molecule has 0 bridgehead atoms. The molecule has 0 aromatic heterocycles. The number of carbonyl (C=O) groups is 1. The Morgan fingerprint density at radius 2 is 1.77 bits per heavy atom. The molecule has 0 atom stereocenters. The molecule has 1 saturated heterocycles. The maximum atomic E-state index is 13.1. The molecule has 0 radical (unpaired) electrons. The second kappa shape index (κ2) is 9.38. The normalized spacial score (nSPS) is 15.5. The predicted molar refractivity (Wildman–Crippen MR) is 122 cm³/mol. The zero-order valence-electron chi connectivity index (χ0n) is 18.6. The van der Waals surface area contributed by atoms with Gasteiger partial charge in [0, 0.05) is 37.8 Å². The van der Waals surface area contributed by atoms with Crippen LogP contribution in [0.15, 0.2) is 53.4 Å². The first-order valence-electron chi connectivity index (χ1n) is 10.4. The summed E-state index contributed by atoms with van der Waals surface area (Å²) in [5.41, 5.74) is 1.70. The minimum absolute atomic E-state index is 0.0793. The lowest BCUT2D eigenvalue weighted by atomic mass is 10.0. The van der Waals surface area contributed by atoms with Crippen molar-refractivity contribution in [2.45, 2.75) is 31.2 Å². The Morgan fingerprint density at radius 1 is 1.13 bits per heavy atom. The monoisotopic (exact) mass is 445 g/mol. The second-order valence-electron chi connectivity index (χ2n) is 8.43. The molecule has 1 heterocycles. The highest BCUT2D eigenvalue weighted by molar-refractivity contribution is 7.92. The molecule has 1 N–H and O–H groups in total. The minimum Gasteiger partial charge on any atom is -0.379 e. The van der Waals surface area contributed by atoms with Crippen LogP contribution >= 0.6 is 0 Å². The topological polar surface area (TPSA) is 79.0 Å². The van der Waals surface area contributed by atoms with E-state index in [-0.39, 0.29) is 16.3 Å². The SMILES string of the molecule is Cc1ccc(N(C)S(=O)(=O)c2cccc(C(=O)NCC(C)(C)N3CCOCC3)c2)cc1. The summed E-state index contributed by atoms with van der Waals surface area (Å²) in [6.45, 7) is 9.57. The van der Waals surface area contributed by atoms with Crippen LogP contribution in [0.25, 0.3) is 0 Å². The standard InChI is InChI=1S/C23H31N3O4S/c1-18-8-10-20(11-9-18)25(4)31(28,29)21-7-5-6-19(16-21)22(27)24-17-23(2,3)26-12-14-30-15-13-26/h5-11,16H,12-15,17H2,1-4H3,(H,24,27). The van der Waals surface area contributed by atoms with Gasteiger partial charge in [-0.3, -0.25) is 14.0 Å². The van der Waals surface area contributed by atoms with Gasteiger partial charge in [-0.2, -0.15) is 0 Å². The number of carbonyl (C=O) groups excluding carboxylic acids is 1. The average molecular weight is 446 g/mol. The van der Waals surface area contributed by atoms with E-state index in [0.29, 0.717) is 31.0 Å². The Bertz CT molecular complexity index is 1010. The van der Waals surface area contributed by atoms with Crippen molar-refractivity contribution in [3.8, 4) is 0 Å². The van der Waals surface area contributed by atoms with E-state index < -0.39 is 10.0 Å². The Balaban J connectivity index is 1.72. The fourth-order valence-corrected chi connectivity index (χ4v) is 4.77. The molecule has 0 aliphatic carbocycles. The highest BCUT2D eigenvalue weighted by Crippen LogP contribution is 2.23. The average Bonchev–Trinajstić information content (AvgIpc) is 2.78. The van der Waals surface area contributed by atoms with Crippen molar-refractivity contribution in [2.75, 3.05) is 44.2 Å². The number of hydrogen-bond acceptors (Lipinski definition) is 5. The fraction of sp³-hybridized carbons (Fsp3) is 0.435. The van der Waals surface area contributed by atoms with Crippen LogP contribution in [0, 0.1) is 6.92 Å². The van der Waals surface area contributed by atoms with Gasteiger partial charge in [0.25, 0.3) is 15.9 Å². The van der Waals surface area contributed by atoms with Crippen LogP contribution < -0.4 is 9.62 Å². The number of anilines is 1.